The van der Waals surface area contributed by atoms with Crippen molar-refractivity contribution in [3.63, 3.8) is 0 Å². The molecule has 3 nitrogen and oxygen atoms in total. The van der Waals surface area contributed by atoms with Gasteiger partial charge in [-0.25, -0.2) is 0 Å². The van der Waals surface area contributed by atoms with Crippen LogP contribution in [0.4, 0.5) is 0 Å². The van der Waals surface area contributed by atoms with Crippen molar-refractivity contribution in [2.24, 2.45) is 5.73 Å². The average Bonchev–Trinajstić information content (AvgIpc) is 1.98. The van der Waals surface area contributed by atoms with Gasteiger partial charge in [-0.05, 0) is 13.3 Å². The Hall–Kier alpha value is 0.375. The summed E-state index contributed by atoms with van der Waals surface area (Å²) in [6.07, 6.45) is 0.899. The van der Waals surface area contributed by atoms with E-state index in [-0.39, 0.29) is 15.0 Å². The van der Waals surface area contributed by atoms with Gasteiger partial charge in [0, 0.05) is 5.94 Å². The maximum absolute atomic E-state index is 5.52. The Morgan fingerprint density at radius 3 is 2.80 bits per heavy atom. The Bertz CT molecular complexity index is 76.7. The van der Waals surface area contributed by atoms with Gasteiger partial charge >= 0.3 is 7.48 Å². The minimum Gasteiger partial charge on any atom is -0.401 e. The second-order valence-corrected chi connectivity index (χ2v) is 2.53. The lowest BCUT2D eigenvalue weighted by atomic mass is 9.88. The largest absolute Gasteiger partial charge is 0.401 e. The van der Waals surface area contributed by atoms with Crippen LogP contribution in [0.25, 0.3) is 0 Å². The van der Waals surface area contributed by atoms with Crippen molar-refractivity contribution < 1.29 is 8.96 Å². The second kappa shape index (κ2) is 7.48. The summed E-state index contributed by atoms with van der Waals surface area (Å²) in [6, 6.07) is 0. The molecule has 0 aromatic heterocycles. The van der Waals surface area contributed by atoms with E-state index in [1.807, 2.05) is 13.8 Å². The summed E-state index contributed by atoms with van der Waals surface area (Å²) in [5.74, 6) is 0.0351. The molecular weight excluding hydrogens is 148 g/mol. The molecule has 0 heterocycles. The third-order valence-electron chi connectivity index (χ3n) is 0.966. The Balaban J connectivity index is 2.89. The number of nitrogens with two attached hydrogens (primary N) is 1. The third kappa shape index (κ3) is 6.49. The molecule has 5 heteroatoms. The van der Waals surface area contributed by atoms with Gasteiger partial charge in [0.1, 0.15) is 9.03 Å². The highest BCUT2D eigenvalue weighted by atomic mass is 31.1. The van der Waals surface area contributed by atoms with E-state index in [1.165, 1.54) is 0 Å². The lowest BCUT2D eigenvalue weighted by Crippen LogP contribution is -2.26. The minimum atomic E-state index is 0.0351. The van der Waals surface area contributed by atoms with Crippen LogP contribution in [0.3, 0.4) is 0 Å². The highest BCUT2D eigenvalue weighted by Gasteiger charge is 2.01. The van der Waals surface area contributed by atoms with Crippen molar-refractivity contribution >= 4 is 16.5 Å². The molecule has 0 spiro atoms. The highest BCUT2D eigenvalue weighted by Crippen LogP contribution is 2.11. The second-order valence-electron chi connectivity index (χ2n) is 1.84. The first-order chi connectivity index (χ1) is 4.81. The number of rotatable bonds is 6. The van der Waals surface area contributed by atoms with Crippen molar-refractivity contribution in [1.82, 2.24) is 0 Å². The lowest BCUT2D eigenvalue weighted by Gasteiger charge is -2.05. The monoisotopic (exact) mass is 162 g/mol. The van der Waals surface area contributed by atoms with Crippen LogP contribution in [-0.4, -0.2) is 20.0 Å². The van der Waals surface area contributed by atoms with Crippen LogP contribution in [0, 0.1) is 0 Å². The topological polar surface area (TPSA) is 44.5 Å². The van der Waals surface area contributed by atoms with Crippen molar-refractivity contribution in [2.75, 3.05) is 6.61 Å². The van der Waals surface area contributed by atoms with Gasteiger partial charge in [0.05, 0.1) is 6.61 Å². The first kappa shape index (κ1) is 10.4. The molecule has 59 valence electrons. The summed E-state index contributed by atoms with van der Waals surface area (Å²) in [5, 5.41) is 0. The zero-order chi connectivity index (χ0) is 7.82. The first-order valence-electron chi connectivity index (χ1n) is 3.42. The molecule has 10 heavy (non-hydrogen) atoms. The summed E-state index contributed by atoms with van der Waals surface area (Å²) in [5.41, 5.74) is 5.52. The van der Waals surface area contributed by atoms with Gasteiger partial charge in [0.15, 0.2) is 0 Å². The van der Waals surface area contributed by atoms with E-state index < -0.39 is 0 Å². The van der Waals surface area contributed by atoms with Gasteiger partial charge in [0.25, 0.3) is 0 Å². The molecule has 2 unspecified atom stereocenters. The lowest BCUT2D eigenvalue weighted by molar-refractivity contribution is 0.353. The van der Waals surface area contributed by atoms with Gasteiger partial charge < -0.3 is 14.7 Å². The summed E-state index contributed by atoms with van der Waals surface area (Å²) >= 11 is 0. The fourth-order valence-corrected chi connectivity index (χ4v) is 0.721. The molecule has 0 saturated carbocycles. The van der Waals surface area contributed by atoms with Gasteiger partial charge in [-0.15, -0.1) is 0 Å². The molecule has 0 aromatic rings. The predicted molar refractivity (Wildman–Crippen MR) is 45.0 cm³/mol. The SMILES string of the molecule is CCOPO[B]C(N)CC. The normalized spacial score (nSPS) is 14.3. The van der Waals surface area contributed by atoms with Crippen molar-refractivity contribution in [2.45, 2.75) is 26.2 Å². The Morgan fingerprint density at radius 2 is 2.30 bits per heavy atom. The molecule has 0 aliphatic rings. The van der Waals surface area contributed by atoms with Crippen LogP contribution in [0.2, 0.25) is 0 Å². The fourth-order valence-electron chi connectivity index (χ4n) is 0.304. The third-order valence-corrected chi connectivity index (χ3v) is 1.60. The first-order valence-corrected chi connectivity index (χ1v) is 4.24. The average molecular weight is 162 g/mol. The summed E-state index contributed by atoms with van der Waals surface area (Å²) in [6.45, 7) is 4.62. The molecule has 0 aliphatic heterocycles. The van der Waals surface area contributed by atoms with E-state index in [0.717, 1.165) is 6.42 Å². The Morgan fingerprint density at radius 1 is 1.60 bits per heavy atom. The van der Waals surface area contributed by atoms with Crippen LogP contribution in [0.5, 0.6) is 0 Å². The van der Waals surface area contributed by atoms with Crippen LogP contribution < -0.4 is 5.73 Å². The smallest absolute Gasteiger partial charge is 0.319 e. The van der Waals surface area contributed by atoms with Gasteiger partial charge in [-0.1, -0.05) is 6.92 Å². The standard InChI is InChI=1S/C5H14BNO2P/c1-3-5(7)6-9-10-8-4-2/h5,10H,3-4,7H2,1-2H3. The van der Waals surface area contributed by atoms with E-state index in [2.05, 4.69) is 0 Å². The zero-order valence-corrected chi connectivity index (χ0v) is 7.46. The Labute approximate surface area is 64.9 Å². The molecule has 0 fully saturated rings. The predicted octanol–water partition coefficient (Wildman–Crippen LogP) is 0.862. The molecular formula is C5H14BNO2P. The molecule has 0 aliphatic carbocycles. The van der Waals surface area contributed by atoms with Gasteiger partial charge in [-0.3, -0.25) is 0 Å². The molecule has 2 N–H and O–H groups in total. The van der Waals surface area contributed by atoms with Gasteiger partial charge in [0.2, 0.25) is 0 Å². The molecule has 0 amide bonds. The van der Waals surface area contributed by atoms with Crippen molar-refractivity contribution in [1.29, 1.82) is 0 Å². The maximum Gasteiger partial charge on any atom is 0.319 e. The maximum atomic E-state index is 5.52. The molecule has 0 saturated heterocycles. The van der Waals surface area contributed by atoms with E-state index in [4.69, 9.17) is 14.7 Å². The highest BCUT2D eigenvalue weighted by molar-refractivity contribution is 7.27. The summed E-state index contributed by atoms with van der Waals surface area (Å²) in [4.78, 5) is 0. The van der Waals surface area contributed by atoms with Crippen LogP contribution in [0.1, 0.15) is 20.3 Å². The van der Waals surface area contributed by atoms with E-state index in [1.54, 1.807) is 7.48 Å². The summed E-state index contributed by atoms with van der Waals surface area (Å²) in [7, 11) is 1.71. The van der Waals surface area contributed by atoms with Gasteiger partial charge in [-0.2, -0.15) is 0 Å². The van der Waals surface area contributed by atoms with Crippen LogP contribution >= 0.6 is 9.03 Å². The van der Waals surface area contributed by atoms with E-state index in [0.29, 0.717) is 6.61 Å². The summed E-state index contributed by atoms with van der Waals surface area (Å²) < 4.78 is 9.93. The quantitative estimate of drug-likeness (QED) is 0.357. The zero-order valence-electron chi connectivity index (χ0n) is 6.46. The van der Waals surface area contributed by atoms with Crippen LogP contribution in [0.15, 0.2) is 0 Å². The fraction of sp³-hybridized carbons (Fsp3) is 1.00. The molecule has 0 aromatic carbocycles. The molecule has 0 bridgehead atoms. The molecule has 0 rings (SSSR count). The van der Waals surface area contributed by atoms with Crippen LogP contribution in [-0.2, 0) is 8.96 Å². The van der Waals surface area contributed by atoms with Crippen molar-refractivity contribution in [3.8, 4) is 0 Å². The van der Waals surface area contributed by atoms with Crippen molar-refractivity contribution in [3.05, 3.63) is 0 Å². The van der Waals surface area contributed by atoms with E-state index in [9.17, 15) is 0 Å². The number of hydrogen-bond donors (Lipinski definition) is 1. The van der Waals surface area contributed by atoms with E-state index >= 15 is 0 Å². The molecule has 2 atom stereocenters. The Kier molecular flexibility index (Phi) is 7.76. The number of hydrogen-bond acceptors (Lipinski definition) is 3. The molecule has 1 radical (unpaired) electrons. The minimum absolute atomic E-state index is 0.0351.